The van der Waals surface area contributed by atoms with Gasteiger partial charge >= 0.3 is 0 Å². The van der Waals surface area contributed by atoms with Crippen LogP contribution < -0.4 is 5.32 Å². The Morgan fingerprint density at radius 2 is 1.90 bits per heavy atom. The van der Waals surface area contributed by atoms with E-state index in [0.29, 0.717) is 0 Å². The molecule has 0 aromatic heterocycles. The van der Waals surface area contributed by atoms with E-state index in [1.807, 2.05) is 0 Å². The minimum atomic E-state index is 0.727. The molecule has 1 N–H and O–H groups in total. The lowest BCUT2D eigenvalue weighted by Crippen LogP contribution is -2.47. The topological polar surface area (TPSA) is 15.3 Å². The summed E-state index contributed by atoms with van der Waals surface area (Å²) in [4.78, 5) is 2.84. The maximum atomic E-state index is 3.58. The lowest BCUT2D eigenvalue weighted by molar-refractivity contribution is 0.0589. The molecule has 2 heterocycles. The van der Waals surface area contributed by atoms with Crippen LogP contribution in [0.15, 0.2) is 24.3 Å². The summed E-state index contributed by atoms with van der Waals surface area (Å²) in [6, 6.07) is 9.80. The number of nitrogens with zero attached hydrogens (tertiary/aromatic N) is 1. The van der Waals surface area contributed by atoms with Crippen LogP contribution in [0.25, 0.3) is 0 Å². The Hall–Kier alpha value is -1.02. The summed E-state index contributed by atoms with van der Waals surface area (Å²) in [5, 5.41) is 3.58. The van der Waals surface area contributed by atoms with E-state index in [1.54, 1.807) is 5.56 Å². The Morgan fingerprint density at radius 3 is 2.90 bits per heavy atom. The van der Waals surface area contributed by atoms with Crippen molar-refractivity contribution in [3.8, 4) is 0 Å². The van der Waals surface area contributed by atoms with Gasteiger partial charge in [-0.25, -0.2) is 0 Å². The second-order valence-electron chi connectivity index (χ2n) is 7.24. The molecule has 0 bridgehead atoms. The number of fused-ring (bicyclic) bond motifs is 2. The van der Waals surface area contributed by atoms with Crippen LogP contribution in [0.3, 0.4) is 0 Å². The van der Waals surface area contributed by atoms with Crippen LogP contribution in [-0.4, -0.2) is 30.6 Å². The second-order valence-corrected chi connectivity index (χ2v) is 7.24. The van der Waals surface area contributed by atoms with Gasteiger partial charge in [0.25, 0.3) is 0 Å². The van der Waals surface area contributed by atoms with Crippen LogP contribution in [0.5, 0.6) is 0 Å². The number of nitrogens with one attached hydrogen (secondary N) is 1. The van der Waals surface area contributed by atoms with E-state index in [0.717, 1.165) is 24.4 Å². The van der Waals surface area contributed by atoms with Gasteiger partial charge in [-0.2, -0.15) is 0 Å². The van der Waals surface area contributed by atoms with E-state index in [4.69, 9.17) is 0 Å². The van der Waals surface area contributed by atoms with Crippen molar-refractivity contribution in [2.75, 3.05) is 25.0 Å². The van der Waals surface area contributed by atoms with Crippen molar-refractivity contribution in [1.29, 1.82) is 0 Å². The van der Waals surface area contributed by atoms with Crippen molar-refractivity contribution < 1.29 is 0 Å². The van der Waals surface area contributed by atoms with Crippen LogP contribution >= 0.6 is 0 Å². The van der Waals surface area contributed by atoms with Crippen LogP contribution in [-0.2, 0) is 0 Å². The van der Waals surface area contributed by atoms with Gasteiger partial charge in [0.15, 0.2) is 0 Å². The predicted molar refractivity (Wildman–Crippen MR) is 88.8 cm³/mol. The number of piperidine rings is 1. The number of rotatable bonds is 3. The molecule has 1 aromatic carbocycles. The summed E-state index contributed by atoms with van der Waals surface area (Å²) in [7, 11) is 0. The van der Waals surface area contributed by atoms with Crippen molar-refractivity contribution in [1.82, 2.24) is 4.90 Å². The summed E-state index contributed by atoms with van der Waals surface area (Å²) in [5.41, 5.74) is 2.92. The van der Waals surface area contributed by atoms with Gasteiger partial charge in [-0.3, -0.25) is 0 Å². The van der Waals surface area contributed by atoms with E-state index in [1.165, 1.54) is 63.7 Å². The minimum absolute atomic E-state index is 0.727. The van der Waals surface area contributed by atoms with Crippen LogP contribution in [0.2, 0.25) is 0 Å². The number of benzene rings is 1. The maximum Gasteiger partial charge on any atom is 0.0376 e. The molecule has 1 saturated heterocycles. The molecule has 3 atom stereocenters. The third kappa shape index (κ3) is 2.70. The zero-order valence-corrected chi connectivity index (χ0v) is 13.1. The van der Waals surface area contributed by atoms with Gasteiger partial charge in [0.2, 0.25) is 0 Å². The Morgan fingerprint density at radius 1 is 1.05 bits per heavy atom. The van der Waals surface area contributed by atoms with Gasteiger partial charge in [0.1, 0.15) is 0 Å². The molecule has 114 valence electrons. The van der Waals surface area contributed by atoms with Gasteiger partial charge in [0, 0.05) is 24.2 Å². The number of hydrogen-bond donors (Lipinski definition) is 1. The minimum Gasteiger partial charge on any atom is -0.384 e. The Bertz CT molecular complexity index is 482. The molecular weight excluding hydrogens is 256 g/mol. The standard InChI is InChI=1S/C19H28N2/c1-4-10-19-15(6-1)7-5-12-21(19)13-11-16-14-20-18-9-3-2-8-17(16)18/h2-3,8-9,15-16,19-20H,1,4-7,10-14H2. The first-order valence-corrected chi connectivity index (χ1v) is 8.98. The second kappa shape index (κ2) is 6.00. The number of hydrogen-bond acceptors (Lipinski definition) is 2. The molecular formula is C19H28N2. The highest BCUT2D eigenvalue weighted by Gasteiger charge is 2.33. The van der Waals surface area contributed by atoms with E-state index in [9.17, 15) is 0 Å². The summed E-state index contributed by atoms with van der Waals surface area (Å²) >= 11 is 0. The van der Waals surface area contributed by atoms with Gasteiger partial charge < -0.3 is 10.2 Å². The van der Waals surface area contributed by atoms with Crippen LogP contribution in [0.4, 0.5) is 5.69 Å². The van der Waals surface area contributed by atoms with Crippen molar-refractivity contribution in [3.63, 3.8) is 0 Å². The fourth-order valence-electron chi connectivity index (χ4n) is 4.94. The highest BCUT2D eigenvalue weighted by Crippen LogP contribution is 2.37. The molecule has 3 unspecified atom stereocenters. The third-order valence-corrected chi connectivity index (χ3v) is 6.06. The monoisotopic (exact) mass is 284 g/mol. The highest BCUT2D eigenvalue weighted by atomic mass is 15.2. The van der Waals surface area contributed by atoms with Crippen molar-refractivity contribution in [2.45, 2.75) is 56.9 Å². The molecule has 0 radical (unpaired) electrons. The maximum absolute atomic E-state index is 3.58. The summed E-state index contributed by atoms with van der Waals surface area (Å²) in [6.45, 7) is 3.80. The number of anilines is 1. The third-order valence-electron chi connectivity index (χ3n) is 6.06. The first-order valence-electron chi connectivity index (χ1n) is 8.98. The van der Waals surface area contributed by atoms with E-state index < -0.39 is 0 Å². The first kappa shape index (κ1) is 13.6. The molecule has 3 aliphatic rings. The smallest absolute Gasteiger partial charge is 0.0376 e. The summed E-state index contributed by atoms with van der Waals surface area (Å²) in [5.74, 6) is 1.74. The zero-order chi connectivity index (χ0) is 14.1. The van der Waals surface area contributed by atoms with Crippen LogP contribution in [0, 0.1) is 5.92 Å². The molecule has 2 aliphatic heterocycles. The van der Waals surface area contributed by atoms with Gasteiger partial charge in [-0.05, 0) is 62.7 Å². The summed E-state index contributed by atoms with van der Waals surface area (Å²) < 4.78 is 0. The van der Waals surface area contributed by atoms with Crippen molar-refractivity contribution in [3.05, 3.63) is 29.8 Å². The fourth-order valence-corrected chi connectivity index (χ4v) is 4.94. The Labute approximate surface area is 128 Å². The quantitative estimate of drug-likeness (QED) is 0.893. The Balaban J connectivity index is 1.38. The average molecular weight is 284 g/mol. The Kier molecular flexibility index (Phi) is 3.89. The molecule has 2 fully saturated rings. The molecule has 2 nitrogen and oxygen atoms in total. The lowest BCUT2D eigenvalue weighted by atomic mass is 9.78. The molecule has 4 rings (SSSR count). The van der Waals surface area contributed by atoms with E-state index in [-0.39, 0.29) is 0 Å². The molecule has 0 amide bonds. The highest BCUT2D eigenvalue weighted by molar-refractivity contribution is 5.57. The van der Waals surface area contributed by atoms with Gasteiger partial charge in [-0.1, -0.05) is 31.0 Å². The zero-order valence-electron chi connectivity index (χ0n) is 13.1. The molecule has 0 spiro atoms. The fraction of sp³-hybridized carbons (Fsp3) is 0.684. The lowest BCUT2D eigenvalue weighted by Gasteiger charge is -2.44. The normalized spacial score (nSPS) is 32.3. The largest absolute Gasteiger partial charge is 0.384 e. The van der Waals surface area contributed by atoms with Crippen molar-refractivity contribution >= 4 is 5.69 Å². The molecule has 1 aromatic rings. The number of likely N-dealkylation sites (tertiary alicyclic amines) is 1. The molecule has 21 heavy (non-hydrogen) atoms. The molecule has 2 heteroatoms. The average Bonchev–Trinajstić information content (AvgIpc) is 2.96. The van der Waals surface area contributed by atoms with Gasteiger partial charge in [-0.15, -0.1) is 0 Å². The summed E-state index contributed by atoms with van der Waals surface area (Å²) in [6.07, 6.45) is 10.2. The predicted octanol–water partition coefficient (Wildman–Crippen LogP) is 4.24. The van der Waals surface area contributed by atoms with E-state index in [2.05, 4.69) is 34.5 Å². The molecule has 1 aliphatic carbocycles. The first-order chi connectivity index (χ1) is 10.4. The molecule has 1 saturated carbocycles. The van der Waals surface area contributed by atoms with Crippen LogP contribution in [0.1, 0.15) is 56.4 Å². The SMILES string of the molecule is c1ccc2c(c1)NCC2CCN1CCCC2CCCCC21. The van der Waals surface area contributed by atoms with Gasteiger partial charge in [0.05, 0.1) is 0 Å². The van der Waals surface area contributed by atoms with Crippen molar-refractivity contribution in [2.24, 2.45) is 5.92 Å². The van der Waals surface area contributed by atoms with E-state index >= 15 is 0 Å². The number of para-hydroxylation sites is 1.